The van der Waals surface area contributed by atoms with Crippen molar-refractivity contribution in [1.29, 1.82) is 0 Å². The fourth-order valence-electron chi connectivity index (χ4n) is 2.50. The normalized spacial score (nSPS) is 24.7. The Kier molecular flexibility index (Phi) is 5.66. The molecule has 2 unspecified atom stereocenters. The average Bonchev–Trinajstić information content (AvgIpc) is 2.55. The molecule has 0 spiro atoms. The first-order chi connectivity index (χ1) is 8.88. The highest BCUT2D eigenvalue weighted by Gasteiger charge is 2.34. The van der Waals surface area contributed by atoms with Gasteiger partial charge in [0.15, 0.2) is 9.84 Å². The van der Waals surface area contributed by atoms with E-state index in [9.17, 15) is 16.8 Å². The molecule has 5 nitrogen and oxygen atoms in total. The lowest BCUT2D eigenvalue weighted by molar-refractivity contribution is 0.297. The van der Waals surface area contributed by atoms with Crippen LogP contribution in [-0.2, 0) is 19.7 Å². The average molecular weight is 325 g/mol. The van der Waals surface area contributed by atoms with Gasteiger partial charge in [0.05, 0.1) is 17.3 Å². The van der Waals surface area contributed by atoms with Crippen molar-refractivity contribution in [1.82, 2.24) is 5.32 Å². The molecule has 20 heavy (non-hydrogen) atoms. The Morgan fingerprint density at radius 3 is 2.30 bits per heavy atom. The molecule has 2 atom stereocenters. The molecule has 1 saturated heterocycles. The zero-order chi connectivity index (χ0) is 15.6. The minimum atomic E-state index is -3.01. The number of nitrogens with one attached hydrogen (secondary N) is 1. The van der Waals surface area contributed by atoms with Crippen molar-refractivity contribution in [2.24, 2.45) is 11.8 Å². The van der Waals surface area contributed by atoms with E-state index in [1.54, 1.807) is 0 Å². The topological polar surface area (TPSA) is 80.3 Å². The third kappa shape index (κ3) is 7.04. The summed E-state index contributed by atoms with van der Waals surface area (Å²) in [5.41, 5.74) is -0.0547. The third-order valence-corrected chi connectivity index (χ3v) is 6.46. The van der Waals surface area contributed by atoms with E-state index in [4.69, 9.17) is 0 Å². The lowest BCUT2D eigenvalue weighted by Gasteiger charge is -2.28. The predicted molar refractivity (Wildman–Crippen MR) is 82.3 cm³/mol. The first kappa shape index (κ1) is 17.9. The summed E-state index contributed by atoms with van der Waals surface area (Å²) in [6, 6.07) is 0. The fraction of sp³-hybridized carbons (Fsp3) is 1.00. The van der Waals surface area contributed by atoms with Gasteiger partial charge in [-0.15, -0.1) is 0 Å². The van der Waals surface area contributed by atoms with Crippen LogP contribution in [0, 0.1) is 11.8 Å². The highest BCUT2D eigenvalue weighted by atomic mass is 32.2. The zero-order valence-electron chi connectivity index (χ0n) is 12.8. The molecule has 0 aromatic heterocycles. The first-order valence-electron chi connectivity index (χ1n) is 7.01. The molecule has 1 aliphatic heterocycles. The molecule has 0 amide bonds. The second kappa shape index (κ2) is 6.32. The van der Waals surface area contributed by atoms with E-state index in [1.807, 2.05) is 20.8 Å². The van der Waals surface area contributed by atoms with Gasteiger partial charge in [-0.05, 0) is 52.0 Å². The molecule has 0 bridgehead atoms. The van der Waals surface area contributed by atoms with Gasteiger partial charge < -0.3 is 5.32 Å². The summed E-state index contributed by atoms with van der Waals surface area (Å²) in [4.78, 5) is 0. The van der Waals surface area contributed by atoms with Crippen molar-refractivity contribution in [3.05, 3.63) is 0 Å². The van der Waals surface area contributed by atoms with E-state index in [0.717, 1.165) is 0 Å². The van der Waals surface area contributed by atoms with Gasteiger partial charge in [-0.3, -0.25) is 0 Å². The van der Waals surface area contributed by atoms with E-state index < -0.39 is 19.7 Å². The van der Waals surface area contributed by atoms with Crippen LogP contribution in [0.2, 0.25) is 0 Å². The summed E-state index contributed by atoms with van der Waals surface area (Å²) in [5.74, 6) is 0.744. The molecule has 0 saturated carbocycles. The van der Waals surface area contributed by atoms with Crippen molar-refractivity contribution >= 4 is 19.7 Å². The second-order valence-electron chi connectivity index (χ2n) is 6.97. The number of hydrogen-bond donors (Lipinski definition) is 1. The Morgan fingerprint density at radius 2 is 1.90 bits per heavy atom. The number of hydrogen-bond acceptors (Lipinski definition) is 5. The maximum absolute atomic E-state index is 11.6. The smallest absolute Gasteiger partial charge is 0.150 e. The molecule has 7 heteroatoms. The Balaban J connectivity index is 2.69. The number of sulfone groups is 2. The highest BCUT2D eigenvalue weighted by molar-refractivity contribution is 7.91. The molecule has 120 valence electrons. The lowest BCUT2D eigenvalue weighted by Crippen LogP contribution is -2.41. The van der Waals surface area contributed by atoms with Crippen LogP contribution in [0.25, 0.3) is 0 Å². The lowest BCUT2D eigenvalue weighted by atomic mass is 9.89. The van der Waals surface area contributed by atoms with Crippen LogP contribution < -0.4 is 5.32 Å². The molecule has 1 aliphatic rings. The molecule has 1 heterocycles. The molecule has 1 rings (SSSR count). The SMILES string of the molecule is CC(C)(C)NCC(CCS(C)(=O)=O)C1CCS(=O)(=O)C1. The number of rotatable bonds is 6. The summed E-state index contributed by atoms with van der Waals surface area (Å²) in [6.45, 7) is 6.81. The minimum Gasteiger partial charge on any atom is -0.312 e. The Bertz CT molecular complexity index is 517. The summed E-state index contributed by atoms with van der Waals surface area (Å²) < 4.78 is 45.9. The van der Waals surface area contributed by atoms with E-state index in [0.29, 0.717) is 19.4 Å². The highest BCUT2D eigenvalue weighted by Crippen LogP contribution is 2.28. The van der Waals surface area contributed by atoms with Gasteiger partial charge in [0, 0.05) is 11.8 Å². The Hall–Kier alpha value is -0.140. The Morgan fingerprint density at radius 1 is 1.30 bits per heavy atom. The van der Waals surface area contributed by atoms with Crippen molar-refractivity contribution in [2.75, 3.05) is 30.1 Å². The maximum atomic E-state index is 11.6. The molecule has 0 radical (unpaired) electrons. The van der Waals surface area contributed by atoms with Gasteiger partial charge in [0.1, 0.15) is 9.84 Å². The van der Waals surface area contributed by atoms with Crippen molar-refractivity contribution in [2.45, 2.75) is 39.2 Å². The molecular formula is C13H27NO4S2. The maximum Gasteiger partial charge on any atom is 0.150 e. The van der Waals surface area contributed by atoms with Crippen LogP contribution in [0.1, 0.15) is 33.6 Å². The molecular weight excluding hydrogens is 298 g/mol. The second-order valence-corrected chi connectivity index (χ2v) is 11.5. The van der Waals surface area contributed by atoms with Crippen LogP contribution in [-0.4, -0.2) is 52.4 Å². The van der Waals surface area contributed by atoms with E-state index in [2.05, 4.69) is 5.32 Å². The van der Waals surface area contributed by atoms with Crippen molar-refractivity contribution in [3.8, 4) is 0 Å². The van der Waals surface area contributed by atoms with Gasteiger partial charge >= 0.3 is 0 Å². The van der Waals surface area contributed by atoms with Crippen LogP contribution in [0.3, 0.4) is 0 Å². The Labute approximate surface area is 123 Å². The molecule has 0 aromatic carbocycles. The van der Waals surface area contributed by atoms with Gasteiger partial charge in [-0.1, -0.05) is 0 Å². The van der Waals surface area contributed by atoms with Crippen LogP contribution in [0.5, 0.6) is 0 Å². The first-order valence-corrected chi connectivity index (χ1v) is 10.9. The monoisotopic (exact) mass is 325 g/mol. The van der Waals surface area contributed by atoms with Crippen LogP contribution in [0.4, 0.5) is 0 Å². The van der Waals surface area contributed by atoms with Crippen molar-refractivity contribution in [3.63, 3.8) is 0 Å². The molecule has 0 aromatic rings. The summed E-state index contributed by atoms with van der Waals surface area (Å²) in [7, 11) is -5.93. The van der Waals surface area contributed by atoms with Crippen LogP contribution >= 0.6 is 0 Å². The van der Waals surface area contributed by atoms with Crippen LogP contribution in [0.15, 0.2) is 0 Å². The largest absolute Gasteiger partial charge is 0.312 e. The quantitative estimate of drug-likeness (QED) is 0.783. The van der Waals surface area contributed by atoms with E-state index >= 15 is 0 Å². The van der Waals surface area contributed by atoms with Gasteiger partial charge in [-0.25, -0.2) is 16.8 Å². The third-order valence-electron chi connectivity index (χ3n) is 3.69. The van der Waals surface area contributed by atoms with E-state index in [1.165, 1.54) is 6.26 Å². The zero-order valence-corrected chi connectivity index (χ0v) is 14.5. The summed E-state index contributed by atoms with van der Waals surface area (Å²) in [6.07, 6.45) is 2.41. The summed E-state index contributed by atoms with van der Waals surface area (Å²) >= 11 is 0. The predicted octanol–water partition coefficient (Wildman–Crippen LogP) is 0.860. The van der Waals surface area contributed by atoms with Gasteiger partial charge in [0.25, 0.3) is 0 Å². The summed E-state index contributed by atoms with van der Waals surface area (Å²) in [5, 5.41) is 3.37. The van der Waals surface area contributed by atoms with E-state index in [-0.39, 0.29) is 34.6 Å². The minimum absolute atomic E-state index is 0.0547. The van der Waals surface area contributed by atoms with Gasteiger partial charge in [-0.2, -0.15) is 0 Å². The molecule has 0 aliphatic carbocycles. The van der Waals surface area contributed by atoms with Gasteiger partial charge in [0.2, 0.25) is 0 Å². The fourth-order valence-corrected chi connectivity index (χ4v) is 5.15. The standard InChI is InChI=1S/C13H27NO4S2/c1-13(2,3)14-9-11(5-7-19(4,15)16)12-6-8-20(17,18)10-12/h11-12,14H,5-10H2,1-4H3. The molecule has 1 fully saturated rings. The van der Waals surface area contributed by atoms with Crippen molar-refractivity contribution < 1.29 is 16.8 Å². The molecule has 1 N–H and O–H groups in total.